The average molecular weight is 437 g/mol. The largest absolute Gasteiger partial charge is 0.497 e. The highest BCUT2D eigenvalue weighted by Crippen LogP contribution is 2.36. The van der Waals surface area contributed by atoms with Crippen LogP contribution in [0.25, 0.3) is 0 Å². The van der Waals surface area contributed by atoms with E-state index in [-0.39, 0.29) is 11.8 Å². The fraction of sp³-hybridized carbons (Fsp3) is 0.536. The Balaban J connectivity index is 1.85. The molecule has 1 heterocycles. The summed E-state index contributed by atoms with van der Waals surface area (Å²) in [6.07, 6.45) is 0. The summed E-state index contributed by atoms with van der Waals surface area (Å²) >= 11 is 0. The Kier molecular flexibility index (Phi) is 8.36. The van der Waals surface area contributed by atoms with Crippen LogP contribution in [0.1, 0.15) is 50.3 Å². The lowest BCUT2D eigenvalue weighted by atomic mass is 9.88. The maximum Gasteiger partial charge on any atom is 0.225 e. The summed E-state index contributed by atoms with van der Waals surface area (Å²) in [7, 11) is 1.72. The third-order valence-electron chi connectivity index (χ3n) is 6.37. The van der Waals surface area contributed by atoms with E-state index in [4.69, 9.17) is 4.74 Å². The summed E-state index contributed by atoms with van der Waals surface area (Å²) in [5.41, 5.74) is 3.96. The molecule has 1 fully saturated rings. The van der Waals surface area contributed by atoms with Gasteiger partial charge in [0.25, 0.3) is 0 Å². The van der Waals surface area contributed by atoms with E-state index in [1.165, 1.54) is 16.7 Å². The summed E-state index contributed by atoms with van der Waals surface area (Å²) in [5.74, 6) is 2.42. The van der Waals surface area contributed by atoms with Gasteiger partial charge in [-0.1, -0.05) is 69.7 Å². The maximum absolute atomic E-state index is 13.0. The van der Waals surface area contributed by atoms with E-state index < -0.39 is 0 Å². The standard InChI is InChI=1S/C28H40N2O2/c1-20(2)15-30(28(31)21(3)4)18-25-17-29(16-23-10-7-9-22(5)13-23)19-27(25)24-11-8-12-26(14-24)32-6/h7-14,20-21,25,27H,15-19H2,1-6H3/t25-,27-/m0/s1. The predicted molar refractivity (Wildman–Crippen MR) is 132 cm³/mol. The summed E-state index contributed by atoms with van der Waals surface area (Å²) in [4.78, 5) is 17.7. The van der Waals surface area contributed by atoms with Crippen LogP contribution in [0.2, 0.25) is 0 Å². The number of aryl methyl sites for hydroxylation is 1. The van der Waals surface area contributed by atoms with Crippen LogP contribution in [0.4, 0.5) is 0 Å². The fourth-order valence-corrected chi connectivity index (χ4v) is 4.94. The van der Waals surface area contributed by atoms with Crippen LogP contribution in [0, 0.1) is 24.7 Å². The zero-order valence-electron chi connectivity index (χ0n) is 20.7. The summed E-state index contributed by atoms with van der Waals surface area (Å²) < 4.78 is 5.51. The Morgan fingerprint density at radius 3 is 2.50 bits per heavy atom. The normalized spacial score (nSPS) is 19.0. The lowest BCUT2D eigenvalue weighted by molar-refractivity contribution is -0.135. The van der Waals surface area contributed by atoms with Gasteiger partial charge in [0.15, 0.2) is 0 Å². The average Bonchev–Trinajstić information content (AvgIpc) is 3.14. The van der Waals surface area contributed by atoms with E-state index in [1.807, 2.05) is 19.9 Å². The van der Waals surface area contributed by atoms with Gasteiger partial charge in [-0.05, 0) is 42.0 Å². The van der Waals surface area contributed by atoms with Gasteiger partial charge in [-0.25, -0.2) is 0 Å². The molecule has 0 aliphatic carbocycles. The van der Waals surface area contributed by atoms with Gasteiger partial charge in [-0.3, -0.25) is 9.69 Å². The van der Waals surface area contributed by atoms with Crippen LogP contribution in [-0.2, 0) is 11.3 Å². The molecule has 1 saturated heterocycles. The first-order chi connectivity index (χ1) is 15.3. The number of methoxy groups -OCH3 is 1. The number of carbonyl (C=O) groups is 1. The summed E-state index contributed by atoms with van der Waals surface area (Å²) in [6.45, 7) is 15.1. The Morgan fingerprint density at radius 2 is 1.84 bits per heavy atom. The topological polar surface area (TPSA) is 32.8 Å². The van der Waals surface area contributed by atoms with Crippen LogP contribution >= 0.6 is 0 Å². The molecule has 4 heteroatoms. The molecule has 0 bridgehead atoms. The highest BCUT2D eigenvalue weighted by molar-refractivity contribution is 5.78. The fourth-order valence-electron chi connectivity index (χ4n) is 4.94. The van der Waals surface area contributed by atoms with E-state index in [0.29, 0.717) is 17.8 Å². The maximum atomic E-state index is 13.0. The van der Waals surface area contributed by atoms with E-state index in [1.54, 1.807) is 7.11 Å². The molecule has 174 valence electrons. The van der Waals surface area contributed by atoms with Gasteiger partial charge in [0.05, 0.1) is 7.11 Å². The zero-order valence-corrected chi connectivity index (χ0v) is 20.7. The number of amides is 1. The predicted octanol–water partition coefficient (Wildman–Crippen LogP) is 5.36. The molecule has 3 rings (SSSR count). The van der Waals surface area contributed by atoms with Crippen molar-refractivity contribution >= 4 is 5.91 Å². The van der Waals surface area contributed by atoms with E-state index in [2.05, 4.69) is 73.0 Å². The molecule has 1 aliphatic rings. The van der Waals surface area contributed by atoms with Crippen molar-refractivity contribution in [2.75, 3.05) is 33.3 Å². The van der Waals surface area contributed by atoms with Crippen LogP contribution in [-0.4, -0.2) is 49.0 Å². The van der Waals surface area contributed by atoms with Gasteiger partial charge in [0.2, 0.25) is 5.91 Å². The molecular weight excluding hydrogens is 396 g/mol. The first-order valence-corrected chi connectivity index (χ1v) is 12.0. The molecule has 2 aromatic carbocycles. The lowest BCUT2D eigenvalue weighted by Gasteiger charge is -2.31. The minimum atomic E-state index is 0.0221. The Hall–Kier alpha value is -2.33. The molecule has 0 aromatic heterocycles. The zero-order chi connectivity index (χ0) is 23.3. The SMILES string of the molecule is COc1cccc([C@@H]2CN(Cc3cccc(C)c3)C[C@H]2CN(CC(C)C)C(=O)C(C)C)c1. The van der Waals surface area contributed by atoms with Crippen LogP contribution in [0.3, 0.4) is 0 Å². The molecule has 1 aliphatic heterocycles. The molecule has 2 atom stereocenters. The quantitative estimate of drug-likeness (QED) is 0.530. The number of benzene rings is 2. The number of ether oxygens (including phenoxy) is 1. The minimum Gasteiger partial charge on any atom is -0.497 e. The van der Waals surface area contributed by atoms with Gasteiger partial charge >= 0.3 is 0 Å². The number of hydrogen-bond acceptors (Lipinski definition) is 3. The second kappa shape index (κ2) is 11.0. The highest BCUT2D eigenvalue weighted by atomic mass is 16.5. The van der Waals surface area contributed by atoms with Gasteiger partial charge < -0.3 is 9.64 Å². The number of nitrogens with zero attached hydrogens (tertiary/aromatic N) is 2. The first-order valence-electron chi connectivity index (χ1n) is 12.0. The summed E-state index contributed by atoms with van der Waals surface area (Å²) in [6, 6.07) is 17.3. The number of rotatable bonds is 9. The van der Waals surface area contributed by atoms with Crippen molar-refractivity contribution in [2.45, 2.75) is 47.1 Å². The molecule has 0 saturated carbocycles. The van der Waals surface area contributed by atoms with E-state index >= 15 is 0 Å². The van der Waals surface area contributed by atoms with Crippen molar-refractivity contribution in [3.05, 3.63) is 65.2 Å². The Bertz CT molecular complexity index is 893. The van der Waals surface area contributed by atoms with Gasteiger partial charge in [-0.15, -0.1) is 0 Å². The van der Waals surface area contributed by atoms with Crippen molar-refractivity contribution in [1.29, 1.82) is 0 Å². The molecule has 0 radical (unpaired) electrons. The lowest BCUT2D eigenvalue weighted by Crippen LogP contribution is -2.41. The van der Waals surface area contributed by atoms with Crippen molar-refractivity contribution in [3.63, 3.8) is 0 Å². The number of hydrogen-bond donors (Lipinski definition) is 0. The van der Waals surface area contributed by atoms with Crippen LogP contribution in [0.5, 0.6) is 5.75 Å². The molecule has 0 N–H and O–H groups in total. The van der Waals surface area contributed by atoms with Crippen LogP contribution in [0.15, 0.2) is 48.5 Å². The van der Waals surface area contributed by atoms with Gasteiger partial charge in [0.1, 0.15) is 5.75 Å². The smallest absolute Gasteiger partial charge is 0.225 e. The summed E-state index contributed by atoms with van der Waals surface area (Å²) in [5, 5.41) is 0. The Morgan fingerprint density at radius 1 is 1.09 bits per heavy atom. The van der Waals surface area contributed by atoms with Crippen LogP contribution < -0.4 is 4.74 Å². The molecule has 2 aromatic rings. The third-order valence-corrected chi connectivity index (χ3v) is 6.37. The van der Waals surface area contributed by atoms with Gasteiger partial charge in [-0.2, -0.15) is 0 Å². The molecule has 1 amide bonds. The Labute approximate surface area is 194 Å². The number of carbonyl (C=O) groups excluding carboxylic acids is 1. The number of likely N-dealkylation sites (tertiary alicyclic amines) is 1. The highest BCUT2D eigenvalue weighted by Gasteiger charge is 2.36. The van der Waals surface area contributed by atoms with Gasteiger partial charge in [0, 0.05) is 44.6 Å². The first kappa shape index (κ1) is 24.3. The van der Waals surface area contributed by atoms with E-state index in [0.717, 1.165) is 38.5 Å². The van der Waals surface area contributed by atoms with Crippen molar-refractivity contribution in [3.8, 4) is 5.75 Å². The molecule has 0 unspecified atom stereocenters. The van der Waals surface area contributed by atoms with Crippen molar-refractivity contribution in [1.82, 2.24) is 9.80 Å². The second-order valence-electron chi connectivity index (χ2n) is 10.1. The molecule has 0 spiro atoms. The van der Waals surface area contributed by atoms with Crippen molar-refractivity contribution < 1.29 is 9.53 Å². The molecule has 4 nitrogen and oxygen atoms in total. The second-order valence-corrected chi connectivity index (χ2v) is 10.1. The molecule has 32 heavy (non-hydrogen) atoms. The monoisotopic (exact) mass is 436 g/mol. The van der Waals surface area contributed by atoms with E-state index in [9.17, 15) is 4.79 Å². The molecular formula is C28H40N2O2. The van der Waals surface area contributed by atoms with Crippen molar-refractivity contribution in [2.24, 2.45) is 17.8 Å². The third kappa shape index (κ3) is 6.35. The minimum absolute atomic E-state index is 0.0221.